The summed E-state index contributed by atoms with van der Waals surface area (Å²) in [6.07, 6.45) is 4.41. The summed E-state index contributed by atoms with van der Waals surface area (Å²) >= 11 is 0. The summed E-state index contributed by atoms with van der Waals surface area (Å²) in [5, 5.41) is 0. The molecule has 4 heteroatoms. The average Bonchev–Trinajstić information content (AvgIpc) is 2.64. The Bertz CT molecular complexity index is 844. The minimum atomic E-state index is -0.795. The molecule has 128 valence electrons. The molecule has 1 aliphatic heterocycles. The van der Waals surface area contributed by atoms with Gasteiger partial charge in [0, 0.05) is 18.1 Å². The highest BCUT2D eigenvalue weighted by Crippen LogP contribution is 2.49. The van der Waals surface area contributed by atoms with E-state index in [1.807, 2.05) is 37.3 Å². The summed E-state index contributed by atoms with van der Waals surface area (Å²) in [4.78, 5) is 25.7. The summed E-state index contributed by atoms with van der Waals surface area (Å²) < 4.78 is 11.2. The second kappa shape index (κ2) is 5.81. The minimum Gasteiger partial charge on any atom is -0.493 e. The smallest absolute Gasteiger partial charge is 0.224 e. The first-order chi connectivity index (χ1) is 12.0. The predicted molar refractivity (Wildman–Crippen MR) is 92.7 cm³/mol. The normalized spacial score (nSPS) is 28.8. The molecule has 4 rings (SSSR count). The fourth-order valence-corrected chi connectivity index (χ4v) is 3.97. The van der Waals surface area contributed by atoms with E-state index >= 15 is 0 Å². The molecule has 0 N–H and O–H groups in total. The molecule has 1 aromatic carbocycles. The number of benzene rings is 1. The Kier molecular flexibility index (Phi) is 3.73. The lowest BCUT2D eigenvalue weighted by Gasteiger charge is -2.40. The van der Waals surface area contributed by atoms with Crippen LogP contribution < -0.4 is 0 Å². The molecule has 0 amide bonds. The van der Waals surface area contributed by atoms with Gasteiger partial charge in [0.15, 0.2) is 11.5 Å². The van der Waals surface area contributed by atoms with Crippen LogP contribution in [-0.4, -0.2) is 25.3 Å². The molecule has 0 aromatic heterocycles. The third kappa shape index (κ3) is 2.40. The van der Waals surface area contributed by atoms with Crippen molar-refractivity contribution in [1.29, 1.82) is 0 Å². The van der Waals surface area contributed by atoms with Crippen molar-refractivity contribution in [1.82, 2.24) is 0 Å². The molecule has 0 radical (unpaired) electrons. The number of rotatable bonds is 2. The van der Waals surface area contributed by atoms with Crippen LogP contribution in [0.1, 0.15) is 31.4 Å². The lowest BCUT2D eigenvalue weighted by Crippen LogP contribution is -2.41. The summed E-state index contributed by atoms with van der Waals surface area (Å²) in [5.74, 6) is -0.0996. The van der Waals surface area contributed by atoms with Crippen molar-refractivity contribution < 1.29 is 19.1 Å². The van der Waals surface area contributed by atoms with Crippen LogP contribution in [0.2, 0.25) is 0 Å². The Morgan fingerprint density at radius 3 is 2.68 bits per heavy atom. The SMILES string of the molecule is COC1=CC(=O)[C@]2(C)CC=C3CO[C@H](c4ccccc4)CC3=C2C1=O. The molecular weight excluding hydrogens is 316 g/mol. The molecule has 0 bridgehead atoms. The van der Waals surface area contributed by atoms with Crippen LogP contribution in [0.25, 0.3) is 0 Å². The standard InChI is InChI=1S/C21H20O4/c1-21-9-8-14-12-25-16(13-6-4-3-5-7-13)10-15(14)19(21)20(23)17(24-2)11-18(21)22/h3-8,11,16H,9-10,12H2,1-2H3/t16-,21-/m0/s1. The summed E-state index contributed by atoms with van der Waals surface area (Å²) in [7, 11) is 1.43. The Hall–Kier alpha value is -2.46. The number of methoxy groups -OCH3 is 1. The van der Waals surface area contributed by atoms with Gasteiger partial charge in [0.1, 0.15) is 0 Å². The molecule has 2 atom stereocenters. The van der Waals surface area contributed by atoms with E-state index in [0.717, 1.165) is 16.7 Å². The molecule has 0 spiro atoms. The van der Waals surface area contributed by atoms with Crippen LogP contribution in [0.3, 0.4) is 0 Å². The van der Waals surface area contributed by atoms with Gasteiger partial charge >= 0.3 is 0 Å². The lowest BCUT2D eigenvalue weighted by molar-refractivity contribution is -0.127. The van der Waals surface area contributed by atoms with Gasteiger partial charge in [-0.3, -0.25) is 9.59 Å². The number of carbonyl (C=O) groups is 2. The van der Waals surface area contributed by atoms with E-state index in [2.05, 4.69) is 6.08 Å². The lowest BCUT2D eigenvalue weighted by atomic mass is 9.64. The molecule has 1 heterocycles. The van der Waals surface area contributed by atoms with Gasteiger partial charge in [0.2, 0.25) is 5.78 Å². The van der Waals surface area contributed by atoms with Crippen LogP contribution in [0.5, 0.6) is 0 Å². The van der Waals surface area contributed by atoms with Gasteiger partial charge in [-0.05, 0) is 30.1 Å². The zero-order valence-electron chi connectivity index (χ0n) is 14.4. The first kappa shape index (κ1) is 16.0. The molecule has 1 saturated heterocycles. The third-order valence-electron chi connectivity index (χ3n) is 5.48. The monoisotopic (exact) mass is 336 g/mol. The number of hydrogen-bond acceptors (Lipinski definition) is 4. The summed E-state index contributed by atoms with van der Waals surface area (Å²) in [5.41, 5.74) is 2.86. The second-order valence-corrected chi connectivity index (χ2v) is 6.94. The number of ketones is 2. The van der Waals surface area contributed by atoms with Gasteiger partial charge in [-0.2, -0.15) is 0 Å². The average molecular weight is 336 g/mol. The molecule has 25 heavy (non-hydrogen) atoms. The maximum atomic E-state index is 13.0. The molecule has 3 aliphatic rings. The van der Waals surface area contributed by atoms with E-state index < -0.39 is 5.41 Å². The molecule has 0 unspecified atom stereocenters. The minimum absolute atomic E-state index is 0.0653. The molecule has 1 fully saturated rings. The van der Waals surface area contributed by atoms with Crippen molar-refractivity contribution in [2.24, 2.45) is 5.41 Å². The Morgan fingerprint density at radius 2 is 1.96 bits per heavy atom. The van der Waals surface area contributed by atoms with Crippen molar-refractivity contribution in [3.8, 4) is 0 Å². The van der Waals surface area contributed by atoms with Crippen molar-refractivity contribution in [3.05, 3.63) is 70.5 Å². The quantitative estimate of drug-likeness (QED) is 0.830. The summed E-state index contributed by atoms with van der Waals surface area (Å²) in [6, 6.07) is 9.99. The van der Waals surface area contributed by atoms with Crippen LogP contribution in [0, 0.1) is 5.41 Å². The Morgan fingerprint density at radius 1 is 1.20 bits per heavy atom. The maximum absolute atomic E-state index is 13.0. The second-order valence-electron chi connectivity index (χ2n) is 6.94. The number of allylic oxidation sites excluding steroid dienone is 3. The fourth-order valence-electron chi connectivity index (χ4n) is 3.97. The Labute approximate surface area is 146 Å². The van der Waals surface area contributed by atoms with Gasteiger partial charge in [0.05, 0.1) is 25.2 Å². The molecule has 2 aliphatic carbocycles. The number of Topliss-reactive ketones (excluding diaryl/α,β-unsaturated/α-hetero) is 1. The Balaban J connectivity index is 1.81. The first-order valence-electron chi connectivity index (χ1n) is 8.49. The molecular formula is C21H20O4. The van der Waals surface area contributed by atoms with E-state index in [4.69, 9.17) is 9.47 Å². The molecule has 1 aromatic rings. The zero-order chi connectivity index (χ0) is 17.6. The number of fused-ring (bicyclic) bond motifs is 2. The van der Waals surface area contributed by atoms with E-state index in [1.165, 1.54) is 13.2 Å². The predicted octanol–water partition coefficient (Wildman–Crippen LogP) is 3.46. The third-order valence-corrected chi connectivity index (χ3v) is 5.48. The van der Waals surface area contributed by atoms with Crippen molar-refractivity contribution >= 4 is 11.6 Å². The van der Waals surface area contributed by atoms with E-state index in [9.17, 15) is 9.59 Å². The van der Waals surface area contributed by atoms with Gasteiger partial charge in [-0.1, -0.05) is 36.4 Å². The zero-order valence-corrected chi connectivity index (χ0v) is 14.4. The maximum Gasteiger partial charge on any atom is 0.224 e. The van der Waals surface area contributed by atoms with Gasteiger partial charge in [-0.25, -0.2) is 0 Å². The number of carbonyl (C=O) groups excluding carboxylic acids is 2. The fraction of sp³-hybridized carbons (Fsp3) is 0.333. The molecule has 0 saturated carbocycles. The highest BCUT2D eigenvalue weighted by Gasteiger charge is 2.48. The highest BCUT2D eigenvalue weighted by atomic mass is 16.5. The molecule has 4 nitrogen and oxygen atoms in total. The highest BCUT2D eigenvalue weighted by molar-refractivity contribution is 6.21. The van der Waals surface area contributed by atoms with Gasteiger partial charge in [0.25, 0.3) is 0 Å². The van der Waals surface area contributed by atoms with Gasteiger partial charge < -0.3 is 9.47 Å². The number of hydrogen-bond donors (Lipinski definition) is 0. The van der Waals surface area contributed by atoms with Crippen LogP contribution >= 0.6 is 0 Å². The van der Waals surface area contributed by atoms with E-state index in [-0.39, 0.29) is 23.4 Å². The van der Waals surface area contributed by atoms with E-state index in [1.54, 1.807) is 0 Å². The first-order valence-corrected chi connectivity index (χ1v) is 8.49. The van der Waals surface area contributed by atoms with Crippen molar-refractivity contribution in [2.75, 3.05) is 13.7 Å². The topological polar surface area (TPSA) is 52.6 Å². The van der Waals surface area contributed by atoms with Crippen LogP contribution in [-0.2, 0) is 19.1 Å². The number of ether oxygens (including phenoxy) is 2. The van der Waals surface area contributed by atoms with E-state index in [0.29, 0.717) is 25.0 Å². The largest absolute Gasteiger partial charge is 0.493 e. The van der Waals surface area contributed by atoms with Crippen LogP contribution in [0.15, 0.2) is 65.0 Å². The van der Waals surface area contributed by atoms with Crippen LogP contribution in [0.4, 0.5) is 0 Å². The van der Waals surface area contributed by atoms with Crippen molar-refractivity contribution in [2.45, 2.75) is 25.9 Å². The van der Waals surface area contributed by atoms with Crippen molar-refractivity contribution in [3.63, 3.8) is 0 Å². The summed E-state index contributed by atoms with van der Waals surface area (Å²) in [6.45, 7) is 2.32. The van der Waals surface area contributed by atoms with Gasteiger partial charge in [-0.15, -0.1) is 0 Å².